The van der Waals surface area contributed by atoms with E-state index >= 15 is 0 Å². The van der Waals surface area contributed by atoms with Crippen LogP contribution in [0.2, 0.25) is 0 Å². The summed E-state index contributed by atoms with van der Waals surface area (Å²) in [6.45, 7) is 1.70. The van der Waals surface area contributed by atoms with Crippen LogP contribution in [0.1, 0.15) is 18.5 Å². The molecule has 3 N–H and O–H groups in total. The summed E-state index contributed by atoms with van der Waals surface area (Å²) in [5.74, 6) is 0.919. The molecule has 1 aliphatic heterocycles. The van der Waals surface area contributed by atoms with Gasteiger partial charge in [-0.2, -0.15) is 0 Å². The lowest BCUT2D eigenvalue weighted by Gasteiger charge is -2.29. The Morgan fingerprint density at radius 3 is 2.41 bits per heavy atom. The Kier molecular flexibility index (Phi) is 5.30. The number of amides is 3. The number of nitrogens with one attached hydrogen (secondary N) is 3. The minimum atomic E-state index is -0.584. The molecule has 1 heterocycles. The van der Waals surface area contributed by atoms with Crippen molar-refractivity contribution in [3.05, 3.63) is 65.4 Å². The van der Waals surface area contributed by atoms with Crippen molar-refractivity contribution in [1.29, 1.82) is 0 Å². The minimum absolute atomic E-state index is 0.328. The van der Waals surface area contributed by atoms with E-state index in [4.69, 9.17) is 9.47 Å². The molecule has 140 valence electrons. The first-order valence-corrected chi connectivity index (χ1v) is 8.40. The molecule has 0 aromatic heterocycles. The highest BCUT2D eigenvalue weighted by Gasteiger charge is 2.31. The molecule has 0 saturated carbocycles. The van der Waals surface area contributed by atoms with E-state index in [0.29, 0.717) is 28.5 Å². The Labute approximate surface area is 157 Å². The maximum atomic E-state index is 13.0. The average molecular weight is 367 g/mol. The number of carbonyl (C=O) groups is 2. The quantitative estimate of drug-likeness (QED) is 0.758. The number of methoxy groups -OCH3 is 2. The van der Waals surface area contributed by atoms with Crippen LogP contribution in [-0.4, -0.2) is 26.2 Å². The van der Waals surface area contributed by atoms with Crippen molar-refractivity contribution in [3.63, 3.8) is 0 Å². The average Bonchev–Trinajstić information content (AvgIpc) is 2.67. The zero-order valence-corrected chi connectivity index (χ0v) is 15.3. The first-order chi connectivity index (χ1) is 13.0. The van der Waals surface area contributed by atoms with Gasteiger partial charge >= 0.3 is 6.03 Å². The standard InChI is InChI=1S/C20H21N3O4/c1-12-17(19(24)22-15-6-4-5-7-16(15)27-3)18(23-20(25)21-12)13-8-10-14(26-2)11-9-13/h4-11,18H,1-3H3,(H,22,24)(H2,21,23,25)/t18-/m0/s1. The number of hydrogen-bond acceptors (Lipinski definition) is 4. The summed E-state index contributed by atoms with van der Waals surface area (Å²) < 4.78 is 10.5. The molecule has 27 heavy (non-hydrogen) atoms. The number of anilines is 1. The molecule has 2 aromatic carbocycles. The largest absolute Gasteiger partial charge is 0.497 e. The van der Waals surface area contributed by atoms with Gasteiger partial charge in [-0.3, -0.25) is 4.79 Å². The molecule has 2 aromatic rings. The van der Waals surface area contributed by atoms with Gasteiger partial charge in [-0.15, -0.1) is 0 Å². The van der Waals surface area contributed by atoms with Crippen LogP contribution in [0, 0.1) is 0 Å². The lowest BCUT2D eigenvalue weighted by atomic mass is 9.94. The van der Waals surface area contributed by atoms with Crippen molar-refractivity contribution >= 4 is 17.6 Å². The summed E-state index contributed by atoms with van der Waals surface area (Å²) in [4.78, 5) is 25.0. The van der Waals surface area contributed by atoms with Gasteiger partial charge in [0.15, 0.2) is 0 Å². The van der Waals surface area contributed by atoms with Crippen LogP contribution >= 0.6 is 0 Å². The van der Waals surface area contributed by atoms with Crippen LogP contribution in [0.4, 0.5) is 10.5 Å². The molecule has 1 aliphatic rings. The summed E-state index contributed by atoms with van der Waals surface area (Å²) in [6.07, 6.45) is 0. The summed E-state index contributed by atoms with van der Waals surface area (Å²) in [5, 5.41) is 8.33. The number of ether oxygens (including phenoxy) is 2. The van der Waals surface area contributed by atoms with E-state index in [2.05, 4.69) is 16.0 Å². The number of carbonyl (C=O) groups excluding carboxylic acids is 2. The van der Waals surface area contributed by atoms with Crippen molar-refractivity contribution < 1.29 is 19.1 Å². The van der Waals surface area contributed by atoms with Crippen molar-refractivity contribution in [3.8, 4) is 11.5 Å². The monoisotopic (exact) mass is 367 g/mol. The fourth-order valence-electron chi connectivity index (χ4n) is 2.98. The van der Waals surface area contributed by atoms with E-state index in [1.807, 2.05) is 18.2 Å². The molecule has 0 radical (unpaired) electrons. The molecule has 3 rings (SSSR count). The lowest BCUT2D eigenvalue weighted by Crippen LogP contribution is -2.45. The molecule has 3 amide bonds. The van der Waals surface area contributed by atoms with Crippen LogP contribution in [0.25, 0.3) is 0 Å². The Morgan fingerprint density at radius 1 is 1.04 bits per heavy atom. The zero-order valence-electron chi connectivity index (χ0n) is 15.3. The third-order valence-electron chi connectivity index (χ3n) is 4.32. The van der Waals surface area contributed by atoms with Gasteiger partial charge in [0.25, 0.3) is 5.91 Å². The molecule has 7 nitrogen and oxygen atoms in total. The highest BCUT2D eigenvalue weighted by Crippen LogP contribution is 2.30. The van der Waals surface area contributed by atoms with E-state index in [1.54, 1.807) is 44.4 Å². The van der Waals surface area contributed by atoms with Gasteiger partial charge in [-0.25, -0.2) is 4.79 Å². The highest BCUT2D eigenvalue weighted by molar-refractivity contribution is 6.07. The van der Waals surface area contributed by atoms with Gasteiger partial charge < -0.3 is 25.4 Å². The van der Waals surface area contributed by atoms with Crippen LogP contribution in [0.15, 0.2) is 59.8 Å². The summed E-state index contributed by atoms with van der Waals surface area (Å²) in [7, 11) is 3.12. The number of para-hydroxylation sites is 2. The Balaban J connectivity index is 1.94. The van der Waals surface area contributed by atoms with Gasteiger partial charge in [0.05, 0.1) is 31.5 Å². The summed E-state index contributed by atoms with van der Waals surface area (Å²) in [6, 6.07) is 13.4. The number of hydrogen-bond donors (Lipinski definition) is 3. The summed E-state index contributed by atoms with van der Waals surface area (Å²) in [5.41, 5.74) is 2.24. The number of allylic oxidation sites excluding steroid dienone is 1. The van der Waals surface area contributed by atoms with E-state index in [-0.39, 0.29) is 11.9 Å². The number of rotatable bonds is 5. The second-order valence-corrected chi connectivity index (χ2v) is 6.00. The van der Waals surface area contributed by atoms with Gasteiger partial charge in [0.2, 0.25) is 0 Å². The molecular formula is C20H21N3O4. The topological polar surface area (TPSA) is 88.7 Å². The van der Waals surface area contributed by atoms with E-state index in [9.17, 15) is 9.59 Å². The maximum Gasteiger partial charge on any atom is 0.319 e. The van der Waals surface area contributed by atoms with Crippen LogP contribution < -0.4 is 25.4 Å². The molecule has 1 atom stereocenters. The number of benzene rings is 2. The fourth-order valence-corrected chi connectivity index (χ4v) is 2.98. The second-order valence-electron chi connectivity index (χ2n) is 6.00. The van der Waals surface area contributed by atoms with Crippen molar-refractivity contribution in [2.45, 2.75) is 13.0 Å². The maximum absolute atomic E-state index is 13.0. The minimum Gasteiger partial charge on any atom is -0.497 e. The predicted octanol–water partition coefficient (Wildman–Crippen LogP) is 2.97. The van der Waals surface area contributed by atoms with Crippen molar-refractivity contribution in [1.82, 2.24) is 10.6 Å². The summed E-state index contributed by atoms with van der Waals surface area (Å²) >= 11 is 0. The van der Waals surface area contributed by atoms with Crippen molar-refractivity contribution in [2.75, 3.05) is 19.5 Å². The van der Waals surface area contributed by atoms with Crippen LogP contribution in [0.5, 0.6) is 11.5 Å². The Bertz CT molecular complexity index is 890. The SMILES string of the molecule is COc1ccc([C@@H]2NC(=O)NC(C)=C2C(=O)Nc2ccccc2OC)cc1. The van der Waals surface area contributed by atoms with Gasteiger partial charge in [-0.05, 0) is 36.8 Å². The zero-order chi connectivity index (χ0) is 19.4. The molecule has 0 saturated heterocycles. The first-order valence-electron chi connectivity index (χ1n) is 8.40. The first kappa shape index (κ1) is 18.3. The number of urea groups is 1. The molecule has 7 heteroatoms. The predicted molar refractivity (Wildman–Crippen MR) is 102 cm³/mol. The molecule has 0 spiro atoms. The second kappa shape index (κ2) is 7.82. The smallest absolute Gasteiger partial charge is 0.319 e. The Hall–Kier alpha value is -3.48. The van der Waals surface area contributed by atoms with Crippen molar-refractivity contribution in [2.24, 2.45) is 0 Å². The van der Waals surface area contributed by atoms with Crippen LogP contribution in [-0.2, 0) is 4.79 Å². The van der Waals surface area contributed by atoms with Gasteiger partial charge in [-0.1, -0.05) is 24.3 Å². The third kappa shape index (κ3) is 3.87. The molecule has 0 aliphatic carbocycles. The highest BCUT2D eigenvalue weighted by atomic mass is 16.5. The third-order valence-corrected chi connectivity index (χ3v) is 4.32. The normalized spacial score (nSPS) is 16.3. The van der Waals surface area contributed by atoms with Crippen LogP contribution in [0.3, 0.4) is 0 Å². The Morgan fingerprint density at radius 2 is 1.74 bits per heavy atom. The van der Waals surface area contributed by atoms with Gasteiger partial charge in [0, 0.05) is 5.70 Å². The van der Waals surface area contributed by atoms with E-state index in [0.717, 1.165) is 5.56 Å². The lowest BCUT2D eigenvalue weighted by molar-refractivity contribution is -0.113. The molecule has 0 bridgehead atoms. The van der Waals surface area contributed by atoms with E-state index < -0.39 is 6.04 Å². The van der Waals surface area contributed by atoms with E-state index in [1.165, 1.54) is 7.11 Å². The fraction of sp³-hybridized carbons (Fsp3) is 0.200. The molecule has 0 unspecified atom stereocenters. The molecule has 0 fully saturated rings. The van der Waals surface area contributed by atoms with Gasteiger partial charge in [0.1, 0.15) is 11.5 Å². The molecular weight excluding hydrogens is 346 g/mol.